The lowest BCUT2D eigenvalue weighted by Crippen LogP contribution is -2.30. The van der Waals surface area contributed by atoms with Crippen LogP contribution in [0.3, 0.4) is 0 Å². The summed E-state index contributed by atoms with van der Waals surface area (Å²) in [7, 11) is 0. The number of aliphatic hydroxyl groups is 1. The molecule has 1 aromatic heterocycles. The van der Waals surface area contributed by atoms with Crippen LogP contribution in [0.4, 0.5) is 0 Å². The zero-order valence-corrected chi connectivity index (χ0v) is 12.5. The molecule has 1 atom stereocenters. The second kappa shape index (κ2) is 5.45. The van der Waals surface area contributed by atoms with Gasteiger partial charge in [-0.2, -0.15) is 0 Å². The number of allylic oxidation sites excluding steroid dienone is 1. The Morgan fingerprint density at radius 3 is 2.76 bits per heavy atom. The second-order valence-corrected chi connectivity index (χ2v) is 6.41. The Balaban J connectivity index is 1.77. The second-order valence-electron chi connectivity index (χ2n) is 6.41. The third-order valence-corrected chi connectivity index (χ3v) is 4.25. The summed E-state index contributed by atoms with van der Waals surface area (Å²) >= 11 is 0. The minimum Gasteiger partial charge on any atom is -0.388 e. The maximum absolute atomic E-state index is 10.2. The molecule has 1 aromatic carbocycles. The van der Waals surface area contributed by atoms with E-state index in [2.05, 4.69) is 36.3 Å². The van der Waals surface area contributed by atoms with Crippen LogP contribution in [0.5, 0.6) is 0 Å². The van der Waals surface area contributed by atoms with Crippen LogP contribution in [0.2, 0.25) is 0 Å². The fourth-order valence-corrected chi connectivity index (χ4v) is 2.61. The van der Waals surface area contributed by atoms with E-state index in [9.17, 15) is 5.11 Å². The quantitative estimate of drug-likeness (QED) is 0.942. The molecule has 1 unspecified atom stereocenters. The van der Waals surface area contributed by atoms with Crippen molar-refractivity contribution in [2.75, 3.05) is 0 Å². The maximum Gasteiger partial charge on any atom is 0.108 e. The molecule has 1 heterocycles. The molecule has 0 aliphatic heterocycles. The van der Waals surface area contributed by atoms with Crippen LogP contribution in [-0.2, 0) is 6.54 Å². The molecule has 4 heteroatoms. The fourth-order valence-electron chi connectivity index (χ4n) is 2.61. The summed E-state index contributed by atoms with van der Waals surface area (Å²) < 4.78 is 1.84. The SMILES string of the molecule is CC1(C)CCC(c2cn(Cc3ccccc3)nn2)=CC1O. The number of nitrogens with zero attached hydrogens (tertiary/aromatic N) is 3. The van der Waals surface area contributed by atoms with E-state index in [0.717, 1.165) is 30.7 Å². The highest BCUT2D eigenvalue weighted by Gasteiger charge is 2.31. The standard InChI is InChI=1S/C17H21N3O/c1-17(2)9-8-14(10-16(17)21)15-12-20(19-18-15)11-13-6-4-3-5-7-13/h3-7,10,12,16,21H,8-9,11H2,1-2H3. The molecule has 0 saturated carbocycles. The normalized spacial score (nSPS) is 21.1. The molecule has 0 saturated heterocycles. The van der Waals surface area contributed by atoms with Crippen LogP contribution < -0.4 is 0 Å². The topological polar surface area (TPSA) is 50.9 Å². The predicted octanol–water partition coefficient (Wildman–Crippen LogP) is 2.89. The van der Waals surface area contributed by atoms with E-state index in [1.807, 2.05) is 35.2 Å². The number of aliphatic hydroxyl groups excluding tert-OH is 1. The van der Waals surface area contributed by atoms with Gasteiger partial charge in [0.15, 0.2) is 0 Å². The molecule has 3 rings (SSSR count). The summed E-state index contributed by atoms with van der Waals surface area (Å²) in [5.74, 6) is 0. The van der Waals surface area contributed by atoms with E-state index < -0.39 is 6.10 Å². The number of rotatable bonds is 3. The van der Waals surface area contributed by atoms with Crippen molar-refractivity contribution in [1.82, 2.24) is 15.0 Å². The highest BCUT2D eigenvalue weighted by molar-refractivity contribution is 5.63. The Bertz CT molecular complexity index is 643. The van der Waals surface area contributed by atoms with Crippen molar-refractivity contribution in [2.45, 2.75) is 39.3 Å². The lowest BCUT2D eigenvalue weighted by atomic mass is 9.75. The highest BCUT2D eigenvalue weighted by Crippen LogP contribution is 2.37. The average Bonchev–Trinajstić information content (AvgIpc) is 2.91. The molecule has 21 heavy (non-hydrogen) atoms. The molecular formula is C17H21N3O. The minimum atomic E-state index is -0.416. The van der Waals surface area contributed by atoms with E-state index in [1.54, 1.807) is 0 Å². The van der Waals surface area contributed by atoms with Gasteiger partial charge in [0.1, 0.15) is 5.69 Å². The van der Waals surface area contributed by atoms with Crippen molar-refractivity contribution in [3.8, 4) is 0 Å². The number of hydrogen-bond acceptors (Lipinski definition) is 3. The Morgan fingerprint density at radius 2 is 2.05 bits per heavy atom. The summed E-state index contributed by atoms with van der Waals surface area (Å²) in [5.41, 5.74) is 3.12. The average molecular weight is 283 g/mol. The van der Waals surface area contributed by atoms with Gasteiger partial charge < -0.3 is 5.11 Å². The third-order valence-electron chi connectivity index (χ3n) is 4.25. The number of aromatic nitrogens is 3. The minimum absolute atomic E-state index is 0.0521. The Morgan fingerprint density at radius 1 is 1.29 bits per heavy atom. The zero-order valence-electron chi connectivity index (χ0n) is 12.5. The lowest BCUT2D eigenvalue weighted by Gasteiger charge is -2.33. The number of hydrogen-bond donors (Lipinski definition) is 1. The first-order valence-corrected chi connectivity index (χ1v) is 7.38. The molecule has 0 fully saturated rings. The van der Waals surface area contributed by atoms with Gasteiger partial charge in [0.2, 0.25) is 0 Å². The van der Waals surface area contributed by atoms with E-state index in [0.29, 0.717) is 0 Å². The van der Waals surface area contributed by atoms with Crippen molar-refractivity contribution >= 4 is 5.57 Å². The van der Waals surface area contributed by atoms with Crippen LogP contribution in [0.25, 0.3) is 5.57 Å². The van der Waals surface area contributed by atoms with Gasteiger partial charge in [-0.25, -0.2) is 4.68 Å². The molecule has 1 N–H and O–H groups in total. The van der Waals surface area contributed by atoms with Gasteiger partial charge in [-0.05, 0) is 29.4 Å². The molecule has 0 bridgehead atoms. The summed E-state index contributed by atoms with van der Waals surface area (Å²) in [6.07, 6.45) is 5.38. The van der Waals surface area contributed by atoms with Gasteiger partial charge >= 0.3 is 0 Å². The fraction of sp³-hybridized carbons (Fsp3) is 0.412. The van der Waals surface area contributed by atoms with Crippen molar-refractivity contribution < 1.29 is 5.11 Å². The highest BCUT2D eigenvalue weighted by atomic mass is 16.3. The van der Waals surface area contributed by atoms with Crippen molar-refractivity contribution in [2.24, 2.45) is 5.41 Å². The Hall–Kier alpha value is -1.94. The molecule has 0 spiro atoms. The first-order valence-electron chi connectivity index (χ1n) is 7.38. The molecule has 2 aromatic rings. The van der Waals surface area contributed by atoms with E-state index in [1.165, 1.54) is 5.56 Å². The van der Waals surface area contributed by atoms with Crippen molar-refractivity contribution in [3.05, 3.63) is 53.9 Å². The molecular weight excluding hydrogens is 262 g/mol. The molecule has 1 aliphatic rings. The molecule has 4 nitrogen and oxygen atoms in total. The summed E-state index contributed by atoms with van der Waals surface area (Å²) in [5, 5.41) is 18.6. The maximum atomic E-state index is 10.2. The smallest absolute Gasteiger partial charge is 0.108 e. The predicted molar refractivity (Wildman–Crippen MR) is 82.6 cm³/mol. The van der Waals surface area contributed by atoms with Gasteiger partial charge in [0.25, 0.3) is 0 Å². The van der Waals surface area contributed by atoms with E-state index in [-0.39, 0.29) is 5.41 Å². The van der Waals surface area contributed by atoms with Crippen molar-refractivity contribution in [1.29, 1.82) is 0 Å². The van der Waals surface area contributed by atoms with Crippen molar-refractivity contribution in [3.63, 3.8) is 0 Å². The Kier molecular flexibility index (Phi) is 3.64. The number of benzene rings is 1. The molecule has 0 amide bonds. The zero-order chi connectivity index (χ0) is 14.9. The van der Waals surface area contributed by atoms with Crippen LogP contribution >= 0.6 is 0 Å². The van der Waals surface area contributed by atoms with E-state index >= 15 is 0 Å². The largest absolute Gasteiger partial charge is 0.388 e. The summed E-state index contributed by atoms with van der Waals surface area (Å²) in [6.45, 7) is 4.91. The molecule has 110 valence electrons. The van der Waals surface area contributed by atoms with Gasteiger partial charge in [0.05, 0.1) is 18.8 Å². The third kappa shape index (κ3) is 3.05. The molecule has 0 radical (unpaired) electrons. The Labute approximate surface area is 125 Å². The van der Waals surface area contributed by atoms with Crippen LogP contribution in [-0.4, -0.2) is 26.2 Å². The summed E-state index contributed by atoms with van der Waals surface area (Å²) in [6, 6.07) is 10.2. The van der Waals surface area contributed by atoms with Gasteiger partial charge in [-0.15, -0.1) is 5.10 Å². The van der Waals surface area contributed by atoms with Gasteiger partial charge in [-0.3, -0.25) is 0 Å². The van der Waals surface area contributed by atoms with Gasteiger partial charge in [-0.1, -0.05) is 55.5 Å². The monoisotopic (exact) mass is 283 g/mol. The first-order chi connectivity index (χ1) is 10.0. The van der Waals surface area contributed by atoms with E-state index in [4.69, 9.17) is 0 Å². The molecule has 1 aliphatic carbocycles. The lowest BCUT2D eigenvalue weighted by molar-refractivity contribution is 0.0794. The van der Waals surface area contributed by atoms with Gasteiger partial charge in [0, 0.05) is 0 Å². The van der Waals surface area contributed by atoms with Crippen LogP contribution in [0.1, 0.15) is 37.9 Å². The summed E-state index contributed by atoms with van der Waals surface area (Å²) in [4.78, 5) is 0. The van der Waals surface area contributed by atoms with Crippen LogP contribution in [0.15, 0.2) is 42.6 Å². The van der Waals surface area contributed by atoms with Crippen LogP contribution in [0, 0.1) is 5.41 Å². The first kappa shape index (κ1) is 14.0.